The van der Waals surface area contributed by atoms with Crippen molar-refractivity contribution >= 4 is 55.4 Å². The molecule has 4 aliphatic heterocycles. The number of anilines is 4. The summed E-state index contributed by atoms with van der Waals surface area (Å²) in [4.78, 5) is 41.3. The molecular weight excluding hydrogens is 949 g/mol. The van der Waals surface area contributed by atoms with Gasteiger partial charge in [-0.3, -0.25) is 19.8 Å². The number of carbonyl (C=O) groups excluding carboxylic acids is 1. The number of piperidine rings is 1. The molecule has 5 aromatic rings. The summed E-state index contributed by atoms with van der Waals surface area (Å²) in [6.07, 6.45) is 10.0. The number of carbonyl (C=O) groups is 1. The first-order valence-corrected chi connectivity index (χ1v) is 27.6. The van der Waals surface area contributed by atoms with Gasteiger partial charge in [0.25, 0.3) is 21.6 Å². The van der Waals surface area contributed by atoms with Crippen molar-refractivity contribution in [2.24, 2.45) is 11.3 Å². The number of hydrogen-bond donors (Lipinski definition) is 4. The number of H-pyrrole nitrogens is 1. The van der Waals surface area contributed by atoms with Gasteiger partial charge in [-0.05, 0) is 157 Å². The van der Waals surface area contributed by atoms with Crippen molar-refractivity contribution in [3.8, 4) is 5.88 Å². The molecule has 5 fully saturated rings. The van der Waals surface area contributed by atoms with Crippen molar-refractivity contribution < 1.29 is 37.5 Å². The minimum Gasteiger partial charge on any atom is -0.468 e. The molecule has 1 spiro atoms. The molecule has 17 nitrogen and oxygen atoms in total. The van der Waals surface area contributed by atoms with Gasteiger partial charge in [-0.25, -0.2) is 13.1 Å². The molecule has 3 saturated heterocycles. The molecule has 2 saturated carbocycles. The molecule has 0 radical (unpaired) electrons. The number of benzene rings is 3. The lowest BCUT2D eigenvalue weighted by molar-refractivity contribution is -0.384. The Balaban J connectivity index is 0.867. The summed E-state index contributed by atoms with van der Waals surface area (Å²) in [6.45, 7) is 12.9. The first-order valence-electron chi connectivity index (χ1n) is 26.1. The average molecular weight is 1020 g/mol. The Morgan fingerprint density at radius 2 is 1.71 bits per heavy atom. The van der Waals surface area contributed by atoms with Crippen LogP contribution >= 0.6 is 0 Å². The number of nitro benzene ring substituents is 1. The quantitative estimate of drug-likeness (QED) is 0.0721. The number of fused-ring (bicyclic) bond motifs is 3. The number of amides is 1. The van der Waals surface area contributed by atoms with E-state index in [-0.39, 0.29) is 40.3 Å². The Morgan fingerprint density at radius 3 is 2.48 bits per heavy atom. The van der Waals surface area contributed by atoms with E-state index in [1.807, 2.05) is 37.4 Å². The van der Waals surface area contributed by atoms with Crippen LogP contribution in [0, 0.1) is 28.4 Å². The number of ether oxygens (including phenoxy) is 3. The molecule has 1 amide bonds. The maximum absolute atomic E-state index is 14.7. The molecule has 0 unspecified atom stereocenters. The molecule has 388 valence electrons. The highest BCUT2D eigenvalue weighted by atomic mass is 32.2. The van der Waals surface area contributed by atoms with Gasteiger partial charge in [-0.1, -0.05) is 24.3 Å². The number of pyridine rings is 1. The summed E-state index contributed by atoms with van der Waals surface area (Å²) >= 11 is 0. The van der Waals surface area contributed by atoms with Crippen LogP contribution in [-0.4, -0.2) is 115 Å². The van der Waals surface area contributed by atoms with E-state index in [1.165, 1.54) is 23.3 Å². The molecule has 6 heterocycles. The molecule has 3 aromatic carbocycles. The van der Waals surface area contributed by atoms with Gasteiger partial charge in [0.1, 0.15) is 23.1 Å². The number of aromatic amines is 1. The zero-order valence-corrected chi connectivity index (χ0v) is 43.1. The van der Waals surface area contributed by atoms with E-state index < -0.39 is 43.1 Å². The van der Waals surface area contributed by atoms with Gasteiger partial charge < -0.3 is 39.4 Å². The maximum Gasteiger partial charge on any atom is 0.293 e. The van der Waals surface area contributed by atoms with Crippen LogP contribution < -0.4 is 24.6 Å². The fraction of sp³-hybridized carbons (Fsp3) is 0.527. The van der Waals surface area contributed by atoms with Gasteiger partial charge in [-0.2, -0.15) is 4.98 Å². The van der Waals surface area contributed by atoms with E-state index in [0.717, 1.165) is 81.7 Å². The molecule has 18 heteroatoms. The highest BCUT2D eigenvalue weighted by Crippen LogP contribution is 2.54. The van der Waals surface area contributed by atoms with Gasteiger partial charge in [0.15, 0.2) is 0 Å². The lowest BCUT2D eigenvalue weighted by Crippen LogP contribution is -2.56. The van der Waals surface area contributed by atoms with Crippen LogP contribution in [0.1, 0.15) is 113 Å². The molecule has 6 aliphatic rings. The number of nitrogens with zero attached hydrogens (tertiary/aromatic N) is 5. The Bertz CT molecular complexity index is 3010. The molecule has 73 heavy (non-hydrogen) atoms. The summed E-state index contributed by atoms with van der Waals surface area (Å²) in [5.41, 5.74) is 4.53. The van der Waals surface area contributed by atoms with Crippen molar-refractivity contribution in [1.82, 2.24) is 19.6 Å². The Hall–Kier alpha value is -5.79. The number of hydrogen-bond acceptors (Lipinski definition) is 14. The molecule has 2 aliphatic carbocycles. The van der Waals surface area contributed by atoms with E-state index in [0.29, 0.717) is 74.6 Å². The van der Waals surface area contributed by atoms with Gasteiger partial charge in [-0.15, -0.1) is 0 Å². The third kappa shape index (κ3) is 9.88. The topological polar surface area (TPSA) is 205 Å². The predicted octanol–water partition coefficient (Wildman–Crippen LogP) is 8.93. The minimum absolute atomic E-state index is 0.113. The van der Waals surface area contributed by atoms with Crippen LogP contribution in [0.3, 0.4) is 0 Å². The van der Waals surface area contributed by atoms with Crippen LogP contribution in [0.5, 0.6) is 5.88 Å². The predicted molar refractivity (Wildman–Crippen MR) is 279 cm³/mol. The normalized spacial score (nSPS) is 26.3. The van der Waals surface area contributed by atoms with Gasteiger partial charge in [0.05, 0.1) is 57.6 Å². The highest BCUT2D eigenvalue weighted by Gasteiger charge is 2.50. The molecule has 11 rings (SSSR count). The Kier molecular flexibility index (Phi) is 13.0. The van der Waals surface area contributed by atoms with E-state index in [4.69, 9.17) is 19.2 Å². The van der Waals surface area contributed by atoms with E-state index >= 15 is 0 Å². The van der Waals surface area contributed by atoms with Crippen molar-refractivity contribution in [3.63, 3.8) is 0 Å². The van der Waals surface area contributed by atoms with Gasteiger partial charge in [0, 0.05) is 62.2 Å². The molecular formula is C55H68N8O9S. The second-order valence-electron chi connectivity index (χ2n) is 22.6. The number of aliphatic hydroxyl groups is 1. The fourth-order valence-corrected chi connectivity index (χ4v) is 13.5. The van der Waals surface area contributed by atoms with Gasteiger partial charge >= 0.3 is 0 Å². The summed E-state index contributed by atoms with van der Waals surface area (Å²) in [7, 11) is -4.62. The van der Waals surface area contributed by atoms with Gasteiger partial charge in [0.2, 0.25) is 5.88 Å². The number of rotatable bonds is 11. The summed E-state index contributed by atoms with van der Waals surface area (Å²) in [6, 6.07) is 22.2. The number of aryl methyl sites for hydroxylation is 1. The average Bonchev–Trinajstić information content (AvgIpc) is 3.76. The zero-order chi connectivity index (χ0) is 50.9. The van der Waals surface area contributed by atoms with Crippen molar-refractivity contribution in [3.05, 3.63) is 106 Å². The van der Waals surface area contributed by atoms with Crippen LogP contribution in [-0.2, 0) is 19.5 Å². The van der Waals surface area contributed by atoms with Crippen molar-refractivity contribution in [1.29, 1.82) is 0 Å². The third-order valence-corrected chi connectivity index (χ3v) is 18.4. The summed E-state index contributed by atoms with van der Waals surface area (Å²) in [5, 5.41) is 26.8. The lowest BCUT2D eigenvalue weighted by atomic mass is 9.59. The maximum atomic E-state index is 14.7. The summed E-state index contributed by atoms with van der Waals surface area (Å²) < 4.78 is 49.7. The largest absolute Gasteiger partial charge is 0.468 e. The molecule has 0 bridgehead atoms. The second kappa shape index (κ2) is 19.2. The Morgan fingerprint density at radius 1 is 0.932 bits per heavy atom. The van der Waals surface area contributed by atoms with Crippen LogP contribution in [0.25, 0.3) is 11.0 Å². The van der Waals surface area contributed by atoms with Crippen LogP contribution in [0.4, 0.5) is 28.4 Å². The Labute approximate surface area is 427 Å². The smallest absolute Gasteiger partial charge is 0.293 e. The van der Waals surface area contributed by atoms with Crippen LogP contribution in [0.15, 0.2) is 83.9 Å². The standard InChI is InChI=1S/C55H68N8O9S/c1-35-7-5-6-8-41(35)48-33-71-53(2,3)19-25-61(48)39-30-55(31-39)20-23-60(24-21-55)38-9-11-42(45(28-38)62-44-16-26-70-34-49(44)72-52-47(62)27-37-15-22-56-50(37)58-52)51(64)59-73(68,69)40-10-12-43(46(29-40)63(66)67)57-32-36-13-17-54(4,65)18-14-36/h5-12,15,22,27-29,36,39,44,48-49,57,65H,13-14,16-21,23-26,30-34H2,1-4H3,(H,56,58)(H,59,64)/t36-,44-,48-,49-,54-/m0/s1. The monoisotopic (exact) mass is 1020 g/mol. The van der Waals surface area contributed by atoms with Crippen molar-refractivity contribution in [2.45, 2.75) is 132 Å². The summed E-state index contributed by atoms with van der Waals surface area (Å²) in [5.74, 6) is -0.316. The van der Waals surface area contributed by atoms with E-state index in [9.17, 15) is 28.4 Å². The second-order valence-corrected chi connectivity index (χ2v) is 24.2. The number of nitrogens with one attached hydrogen (secondary N) is 3. The number of nitro groups is 1. The fourth-order valence-electron chi connectivity index (χ4n) is 12.5. The first kappa shape index (κ1) is 49.4. The lowest BCUT2D eigenvalue weighted by Gasteiger charge is -2.56. The zero-order valence-electron chi connectivity index (χ0n) is 42.3. The number of sulfonamides is 1. The molecule has 3 atom stereocenters. The third-order valence-electron chi connectivity index (χ3n) is 17.1. The SMILES string of the molecule is Cc1ccccc1[C@@H]1COC(C)(C)CCN1C1CC2(CCN(c3ccc(C(=O)NS(=O)(=O)c4ccc(NC[C@H]5CC[C@](C)(O)CC5)c([N+](=O)[O-])c4)c(N4c5cc6cc[nH]c6nc5O[C@H]5COCC[C@@H]54)c3)CC2)C1. The minimum atomic E-state index is -4.62. The van der Waals surface area contributed by atoms with Crippen LogP contribution in [0.2, 0.25) is 0 Å². The van der Waals surface area contributed by atoms with E-state index in [2.05, 4.69) is 74.8 Å². The molecule has 2 aromatic heterocycles. The number of aromatic nitrogens is 2. The molecule has 4 N–H and O–H groups in total. The first-order chi connectivity index (χ1) is 34.9. The highest BCUT2D eigenvalue weighted by molar-refractivity contribution is 7.90. The van der Waals surface area contributed by atoms with Crippen molar-refractivity contribution in [2.75, 3.05) is 61.1 Å². The van der Waals surface area contributed by atoms with E-state index in [1.54, 1.807) is 6.07 Å².